The first-order chi connectivity index (χ1) is 13.7. The molecule has 0 aliphatic carbocycles. The number of hydrogen-bond acceptors (Lipinski definition) is 5. The quantitative estimate of drug-likeness (QED) is 0.594. The fourth-order valence-electron chi connectivity index (χ4n) is 2.13. The molecule has 2 aromatic carbocycles. The average molecular weight is 506 g/mol. The maximum absolute atomic E-state index is 12.9. The molecule has 0 atom stereocenters. The Morgan fingerprint density at radius 1 is 1.03 bits per heavy atom. The number of carbonyl (C=O) groups is 2. The lowest BCUT2D eigenvalue weighted by atomic mass is 10.2. The first-order valence-electron chi connectivity index (χ1n) is 7.55. The molecule has 0 aromatic heterocycles. The van der Waals surface area contributed by atoms with E-state index < -0.39 is 55.7 Å². The maximum atomic E-state index is 12.9. The predicted molar refractivity (Wildman–Crippen MR) is 103 cm³/mol. The van der Waals surface area contributed by atoms with Gasteiger partial charge in [-0.1, -0.05) is 34.8 Å². The molecule has 0 aliphatic rings. The van der Waals surface area contributed by atoms with E-state index in [4.69, 9.17) is 44.7 Å². The molecular weight excluding hydrogens is 496 g/mol. The minimum atomic E-state index is -4.74. The molecule has 2 aromatic rings. The Hall–Kier alpha value is -2.05. The van der Waals surface area contributed by atoms with Gasteiger partial charge >= 0.3 is 12.1 Å². The van der Waals surface area contributed by atoms with Crippen LogP contribution in [0.5, 0.6) is 0 Å². The van der Waals surface area contributed by atoms with Crippen LogP contribution in [0.4, 0.5) is 18.9 Å². The highest BCUT2D eigenvalue weighted by molar-refractivity contribution is 7.89. The molecule has 0 fully saturated rings. The smallest absolute Gasteiger partial charge is 0.417 e. The molecule has 0 aliphatic heterocycles. The Balaban J connectivity index is 2.12. The van der Waals surface area contributed by atoms with Crippen LogP contribution in [0.15, 0.2) is 35.2 Å². The number of nitrogens with one attached hydrogen (secondary N) is 1. The zero-order valence-corrected chi connectivity index (χ0v) is 17.5. The monoisotopic (exact) mass is 504 g/mol. The minimum Gasteiger partial charge on any atom is -0.452 e. The number of rotatable bonds is 5. The number of carbonyl (C=O) groups excluding carboxylic acids is 2. The number of halogens is 6. The maximum Gasteiger partial charge on any atom is 0.417 e. The van der Waals surface area contributed by atoms with Crippen LogP contribution in [0.2, 0.25) is 15.1 Å². The summed E-state index contributed by atoms with van der Waals surface area (Å²) in [4.78, 5) is 23.4. The number of amides is 1. The zero-order chi connectivity index (χ0) is 22.9. The molecule has 0 saturated carbocycles. The van der Waals surface area contributed by atoms with Crippen molar-refractivity contribution in [2.45, 2.75) is 11.1 Å². The lowest BCUT2D eigenvalue weighted by Gasteiger charge is -2.12. The fourth-order valence-corrected chi connectivity index (χ4v) is 3.75. The predicted octanol–water partition coefficient (Wildman–Crippen LogP) is 4.11. The minimum absolute atomic E-state index is 0.242. The molecular formula is C16H10Cl3F3N2O5S. The first kappa shape index (κ1) is 24.2. The van der Waals surface area contributed by atoms with E-state index in [1.807, 2.05) is 0 Å². The normalized spacial score (nSPS) is 11.8. The second-order valence-corrected chi connectivity index (χ2v) is 8.38. The number of sulfonamides is 1. The van der Waals surface area contributed by atoms with E-state index in [1.165, 1.54) is 0 Å². The lowest BCUT2D eigenvalue weighted by Crippen LogP contribution is -2.22. The van der Waals surface area contributed by atoms with Gasteiger partial charge in [-0.15, -0.1) is 0 Å². The van der Waals surface area contributed by atoms with Gasteiger partial charge in [0.2, 0.25) is 10.0 Å². The molecule has 0 spiro atoms. The van der Waals surface area contributed by atoms with Gasteiger partial charge in [-0.3, -0.25) is 4.79 Å². The molecule has 30 heavy (non-hydrogen) atoms. The third-order valence-electron chi connectivity index (χ3n) is 3.44. The zero-order valence-electron chi connectivity index (χ0n) is 14.4. The van der Waals surface area contributed by atoms with Crippen LogP contribution in [-0.2, 0) is 25.7 Å². The molecule has 3 N–H and O–H groups in total. The van der Waals surface area contributed by atoms with Crippen LogP contribution in [0.1, 0.15) is 15.9 Å². The number of esters is 1. The van der Waals surface area contributed by atoms with Crippen molar-refractivity contribution in [3.8, 4) is 0 Å². The third-order valence-corrected chi connectivity index (χ3v) is 5.46. The van der Waals surface area contributed by atoms with Crippen LogP contribution < -0.4 is 10.5 Å². The van der Waals surface area contributed by atoms with E-state index in [0.717, 1.165) is 24.3 Å². The summed E-state index contributed by atoms with van der Waals surface area (Å²) >= 11 is 17.0. The molecule has 2 rings (SSSR count). The number of benzene rings is 2. The van der Waals surface area contributed by atoms with Crippen molar-refractivity contribution in [2.75, 3.05) is 11.9 Å². The second kappa shape index (κ2) is 8.98. The van der Waals surface area contributed by atoms with Crippen molar-refractivity contribution in [1.29, 1.82) is 0 Å². The Kier molecular flexibility index (Phi) is 7.25. The summed E-state index contributed by atoms with van der Waals surface area (Å²) in [5.74, 6) is -2.17. The van der Waals surface area contributed by atoms with Gasteiger partial charge in [0, 0.05) is 5.69 Å². The summed E-state index contributed by atoms with van der Waals surface area (Å²) in [6.07, 6.45) is -4.74. The summed E-state index contributed by atoms with van der Waals surface area (Å²) in [7, 11) is -4.28. The molecule has 0 bridgehead atoms. The number of hydrogen-bond donors (Lipinski definition) is 2. The van der Waals surface area contributed by atoms with Gasteiger partial charge < -0.3 is 10.1 Å². The van der Waals surface area contributed by atoms with Gasteiger partial charge in [0.25, 0.3) is 5.91 Å². The van der Waals surface area contributed by atoms with Crippen molar-refractivity contribution in [2.24, 2.45) is 5.14 Å². The van der Waals surface area contributed by atoms with Crippen LogP contribution in [0.3, 0.4) is 0 Å². The Morgan fingerprint density at radius 3 is 2.23 bits per heavy atom. The Bertz CT molecular complexity index is 1120. The van der Waals surface area contributed by atoms with Crippen LogP contribution in [0.25, 0.3) is 0 Å². The molecule has 0 unspecified atom stereocenters. The largest absolute Gasteiger partial charge is 0.452 e. The molecule has 0 heterocycles. The molecule has 14 heteroatoms. The van der Waals surface area contributed by atoms with E-state index in [2.05, 4.69) is 5.32 Å². The third kappa shape index (κ3) is 5.99. The second-order valence-electron chi connectivity index (χ2n) is 5.62. The van der Waals surface area contributed by atoms with Crippen LogP contribution >= 0.6 is 34.8 Å². The van der Waals surface area contributed by atoms with Gasteiger partial charge in [0.05, 0.1) is 26.2 Å². The van der Waals surface area contributed by atoms with Gasteiger partial charge in [0.1, 0.15) is 4.90 Å². The van der Waals surface area contributed by atoms with Gasteiger partial charge in [-0.2, -0.15) is 13.2 Å². The number of anilines is 1. The molecule has 162 valence electrons. The Morgan fingerprint density at radius 2 is 1.67 bits per heavy atom. The SMILES string of the molecule is NS(=O)(=O)c1cc(C(=O)OCC(=O)Nc2ccc(Cl)c(C(F)(F)F)c2)c(Cl)cc1Cl. The molecule has 0 saturated heterocycles. The molecule has 1 amide bonds. The Labute approximate surface area is 182 Å². The van der Waals surface area contributed by atoms with E-state index in [0.29, 0.717) is 6.07 Å². The van der Waals surface area contributed by atoms with Crippen molar-refractivity contribution in [3.63, 3.8) is 0 Å². The molecule has 7 nitrogen and oxygen atoms in total. The lowest BCUT2D eigenvalue weighted by molar-refractivity contribution is -0.137. The fraction of sp³-hybridized carbons (Fsp3) is 0.125. The van der Waals surface area contributed by atoms with Crippen molar-refractivity contribution in [3.05, 3.63) is 56.5 Å². The molecule has 0 radical (unpaired) electrons. The highest BCUT2D eigenvalue weighted by atomic mass is 35.5. The van der Waals surface area contributed by atoms with Crippen LogP contribution in [-0.4, -0.2) is 26.9 Å². The standard InChI is InChI=1S/C16H10Cl3F3N2O5S/c17-10-2-1-7(3-9(10)16(20,21)22)24-14(25)6-29-15(26)8-4-13(30(23,27)28)12(19)5-11(8)18/h1-5H,6H2,(H,24,25)(H2,23,27,28). The van der Waals surface area contributed by atoms with E-state index >= 15 is 0 Å². The summed E-state index contributed by atoms with van der Waals surface area (Å²) in [6, 6.07) is 4.39. The number of nitrogens with two attached hydrogens (primary N) is 1. The van der Waals surface area contributed by atoms with Crippen molar-refractivity contribution >= 4 is 62.4 Å². The highest BCUT2D eigenvalue weighted by Gasteiger charge is 2.33. The van der Waals surface area contributed by atoms with Crippen molar-refractivity contribution < 1.29 is 35.9 Å². The number of alkyl halides is 3. The summed E-state index contributed by atoms with van der Waals surface area (Å²) < 4.78 is 66.2. The number of primary sulfonamides is 1. The van der Waals surface area contributed by atoms with E-state index in [-0.39, 0.29) is 15.7 Å². The topological polar surface area (TPSA) is 116 Å². The van der Waals surface area contributed by atoms with Gasteiger partial charge in [0.15, 0.2) is 6.61 Å². The van der Waals surface area contributed by atoms with Gasteiger partial charge in [-0.25, -0.2) is 18.4 Å². The van der Waals surface area contributed by atoms with E-state index in [1.54, 1.807) is 0 Å². The summed E-state index contributed by atoms with van der Waals surface area (Å²) in [5.41, 5.74) is -1.85. The summed E-state index contributed by atoms with van der Waals surface area (Å²) in [5, 5.41) is 5.91. The van der Waals surface area contributed by atoms with E-state index in [9.17, 15) is 31.2 Å². The van der Waals surface area contributed by atoms with Crippen LogP contribution in [0, 0.1) is 0 Å². The average Bonchev–Trinajstić information content (AvgIpc) is 2.59. The highest BCUT2D eigenvalue weighted by Crippen LogP contribution is 2.36. The van der Waals surface area contributed by atoms with Crippen molar-refractivity contribution in [1.82, 2.24) is 0 Å². The summed E-state index contributed by atoms with van der Waals surface area (Å²) in [6.45, 7) is -0.910. The van der Waals surface area contributed by atoms with Gasteiger partial charge in [-0.05, 0) is 30.3 Å². The first-order valence-corrected chi connectivity index (χ1v) is 10.2. The number of ether oxygens (including phenoxy) is 1.